The smallest absolute Gasteiger partial charge is 0.331 e. The number of carbonyl (C=O) groups excluding carboxylic acids is 2. The number of ether oxygens (including phenoxy) is 1. The van der Waals surface area contributed by atoms with E-state index in [1.165, 1.54) is 17.4 Å². The first-order valence-corrected chi connectivity index (χ1v) is 10.0. The van der Waals surface area contributed by atoms with E-state index in [-0.39, 0.29) is 11.9 Å². The summed E-state index contributed by atoms with van der Waals surface area (Å²) in [5.74, 6) is -0.247. The van der Waals surface area contributed by atoms with E-state index in [0.29, 0.717) is 5.92 Å². The summed E-state index contributed by atoms with van der Waals surface area (Å²) in [6.45, 7) is 3.77. The van der Waals surface area contributed by atoms with Crippen molar-refractivity contribution in [1.29, 1.82) is 0 Å². The minimum absolute atomic E-state index is 0.188. The molecule has 25 heavy (non-hydrogen) atoms. The van der Waals surface area contributed by atoms with E-state index in [4.69, 9.17) is 4.74 Å². The van der Waals surface area contributed by atoms with Crippen LogP contribution in [0.25, 0.3) is 6.08 Å². The van der Waals surface area contributed by atoms with Crippen LogP contribution in [0.3, 0.4) is 0 Å². The molecule has 0 saturated heterocycles. The molecule has 0 radical (unpaired) electrons. The van der Waals surface area contributed by atoms with Crippen molar-refractivity contribution in [2.24, 2.45) is 5.92 Å². The Hall–Kier alpha value is -1.75. The van der Waals surface area contributed by atoms with E-state index in [0.717, 1.165) is 24.8 Å². The van der Waals surface area contributed by atoms with Crippen molar-refractivity contribution in [2.45, 2.75) is 56.6 Å². The summed E-state index contributed by atoms with van der Waals surface area (Å²) in [7, 11) is 0. The zero-order chi connectivity index (χ0) is 18.2. The van der Waals surface area contributed by atoms with Crippen molar-refractivity contribution in [3.05, 3.63) is 35.9 Å². The minimum atomic E-state index is -0.787. The maximum Gasteiger partial charge on any atom is 0.331 e. The first-order chi connectivity index (χ1) is 12.0. The zero-order valence-electron chi connectivity index (χ0n) is 15.2. The van der Waals surface area contributed by atoms with E-state index >= 15 is 0 Å². The molecule has 1 N–H and O–H groups in total. The molecular weight excluding hydrogens is 334 g/mol. The van der Waals surface area contributed by atoms with Gasteiger partial charge in [-0.2, -0.15) is 0 Å². The summed E-state index contributed by atoms with van der Waals surface area (Å²) in [6, 6.07) is 8.06. The van der Waals surface area contributed by atoms with Crippen LogP contribution in [0.5, 0.6) is 0 Å². The van der Waals surface area contributed by atoms with Crippen molar-refractivity contribution in [3.8, 4) is 0 Å². The summed E-state index contributed by atoms with van der Waals surface area (Å²) in [6.07, 6.45) is 8.79. The van der Waals surface area contributed by atoms with Gasteiger partial charge >= 0.3 is 5.97 Å². The summed E-state index contributed by atoms with van der Waals surface area (Å²) >= 11 is 1.67. The SMILES string of the molecule is CSc1ccc(/C=C/C(=O)O[C@H](C)C(=O)N[C@H]2CCCC[C@@H]2C)cc1. The molecule has 0 aromatic heterocycles. The van der Waals surface area contributed by atoms with E-state index in [1.807, 2.05) is 30.5 Å². The third kappa shape index (κ3) is 6.24. The number of nitrogens with one attached hydrogen (secondary N) is 1. The highest BCUT2D eigenvalue weighted by atomic mass is 32.2. The van der Waals surface area contributed by atoms with Gasteiger partial charge in [-0.1, -0.05) is 31.9 Å². The molecule has 0 bridgehead atoms. The highest BCUT2D eigenvalue weighted by Gasteiger charge is 2.25. The van der Waals surface area contributed by atoms with Crippen LogP contribution in [0.2, 0.25) is 0 Å². The minimum Gasteiger partial charge on any atom is -0.449 e. The average molecular weight is 362 g/mol. The molecule has 2 rings (SSSR count). The van der Waals surface area contributed by atoms with Crippen LogP contribution in [0.1, 0.15) is 45.1 Å². The lowest BCUT2D eigenvalue weighted by atomic mass is 9.86. The van der Waals surface area contributed by atoms with Crippen molar-refractivity contribution in [1.82, 2.24) is 5.32 Å². The second-order valence-electron chi connectivity index (χ2n) is 6.56. The number of esters is 1. The van der Waals surface area contributed by atoms with E-state index in [1.54, 1.807) is 24.8 Å². The third-order valence-corrected chi connectivity index (χ3v) is 5.37. The van der Waals surface area contributed by atoms with E-state index in [2.05, 4.69) is 12.2 Å². The van der Waals surface area contributed by atoms with Crippen molar-refractivity contribution < 1.29 is 14.3 Å². The predicted molar refractivity (Wildman–Crippen MR) is 102 cm³/mol. The van der Waals surface area contributed by atoms with Crippen molar-refractivity contribution >= 4 is 29.7 Å². The quantitative estimate of drug-likeness (QED) is 0.472. The third-order valence-electron chi connectivity index (χ3n) is 4.63. The molecule has 0 unspecified atom stereocenters. The number of thioether (sulfide) groups is 1. The fraction of sp³-hybridized carbons (Fsp3) is 0.500. The Morgan fingerprint density at radius 1 is 1.24 bits per heavy atom. The largest absolute Gasteiger partial charge is 0.449 e. The fourth-order valence-electron chi connectivity index (χ4n) is 2.98. The Bertz CT molecular complexity index is 612. The van der Waals surface area contributed by atoms with E-state index in [9.17, 15) is 9.59 Å². The van der Waals surface area contributed by atoms with E-state index < -0.39 is 12.1 Å². The molecule has 1 aromatic rings. The predicted octanol–water partition coefficient (Wildman–Crippen LogP) is 4.05. The lowest BCUT2D eigenvalue weighted by Crippen LogP contribution is -2.45. The lowest BCUT2D eigenvalue weighted by molar-refractivity contribution is -0.150. The molecule has 1 fully saturated rings. The molecule has 1 aliphatic rings. The Balaban J connectivity index is 1.81. The second-order valence-corrected chi connectivity index (χ2v) is 7.44. The molecule has 1 aliphatic carbocycles. The number of amides is 1. The van der Waals surface area contributed by atoms with Gasteiger partial charge in [-0.05, 0) is 55.7 Å². The molecule has 1 amide bonds. The number of hydrogen-bond acceptors (Lipinski definition) is 4. The molecule has 0 heterocycles. The van der Waals surface area contributed by atoms with Gasteiger partial charge in [0.15, 0.2) is 6.10 Å². The van der Waals surface area contributed by atoms with Gasteiger partial charge in [-0.25, -0.2) is 4.79 Å². The van der Waals surface area contributed by atoms with Crippen LogP contribution >= 0.6 is 11.8 Å². The van der Waals surface area contributed by atoms with Gasteiger partial charge in [-0.3, -0.25) is 4.79 Å². The molecular formula is C20H27NO3S. The molecule has 4 nitrogen and oxygen atoms in total. The summed E-state index contributed by atoms with van der Waals surface area (Å²) < 4.78 is 5.21. The van der Waals surface area contributed by atoms with Crippen LogP contribution in [0.4, 0.5) is 0 Å². The Morgan fingerprint density at radius 3 is 2.56 bits per heavy atom. The van der Waals surface area contributed by atoms with Crippen LogP contribution in [-0.4, -0.2) is 30.3 Å². The van der Waals surface area contributed by atoms with Crippen LogP contribution in [-0.2, 0) is 14.3 Å². The average Bonchev–Trinajstić information content (AvgIpc) is 2.62. The molecule has 1 aromatic carbocycles. The second kappa shape index (κ2) is 9.66. The summed E-state index contributed by atoms with van der Waals surface area (Å²) in [4.78, 5) is 25.3. The number of hydrogen-bond donors (Lipinski definition) is 1. The first kappa shape index (κ1) is 19.6. The Kier molecular flexibility index (Phi) is 7.56. The van der Waals surface area contributed by atoms with Crippen LogP contribution in [0.15, 0.2) is 35.2 Å². The Morgan fingerprint density at radius 2 is 1.92 bits per heavy atom. The number of rotatable bonds is 6. The maximum atomic E-state index is 12.2. The molecule has 3 atom stereocenters. The lowest BCUT2D eigenvalue weighted by Gasteiger charge is -2.30. The monoisotopic (exact) mass is 361 g/mol. The standard InChI is InChI=1S/C20H27NO3S/c1-14-6-4-5-7-18(14)21-20(23)15(2)24-19(22)13-10-16-8-11-17(25-3)12-9-16/h8-15,18H,4-7H2,1-3H3,(H,21,23)/b13-10+/t14-,15+,18-/m0/s1. The summed E-state index contributed by atoms with van der Waals surface area (Å²) in [5.41, 5.74) is 0.919. The van der Waals surface area contributed by atoms with Gasteiger partial charge in [0.2, 0.25) is 0 Å². The molecule has 0 spiro atoms. The van der Waals surface area contributed by atoms with Gasteiger partial charge in [-0.15, -0.1) is 11.8 Å². The van der Waals surface area contributed by atoms with Gasteiger partial charge in [0, 0.05) is 17.0 Å². The Labute approximate surface area is 154 Å². The zero-order valence-corrected chi connectivity index (χ0v) is 16.0. The molecule has 0 aliphatic heterocycles. The normalized spacial score (nSPS) is 21.7. The maximum absolute atomic E-state index is 12.2. The topological polar surface area (TPSA) is 55.4 Å². The van der Waals surface area contributed by atoms with Crippen molar-refractivity contribution in [3.63, 3.8) is 0 Å². The summed E-state index contributed by atoms with van der Waals surface area (Å²) in [5, 5.41) is 3.02. The fourth-order valence-corrected chi connectivity index (χ4v) is 3.39. The van der Waals surface area contributed by atoms with Crippen LogP contribution in [0, 0.1) is 5.92 Å². The highest BCUT2D eigenvalue weighted by molar-refractivity contribution is 7.98. The van der Waals surface area contributed by atoms with Gasteiger partial charge in [0.1, 0.15) is 0 Å². The number of benzene rings is 1. The van der Waals surface area contributed by atoms with Crippen molar-refractivity contribution in [2.75, 3.05) is 6.26 Å². The number of carbonyl (C=O) groups is 2. The molecule has 1 saturated carbocycles. The highest BCUT2D eigenvalue weighted by Crippen LogP contribution is 2.23. The first-order valence-electron chi connectivity index (χ1n) is 8.82. The van der Waals surface area contributed by atoms with Gasteiger partial charge in [0.05, 0.1) is 0 Å². The van der Waals surface area contributed by atoms with Crippen LogP contribution < -0.4 is 5.32 Å². The molecule has 136 valence electrons. The van der Waals surface area contributed by atoms with Gasteiger partial charge in [0.25, 0.3) is 5.91 Å². The molecule has 5 heteroatoms. The van der Waals surface area contributed by atoms with Gasteiger partial charge < -0.3 is 10.1 Å².